The predicted octanol–water partition coefficient (Wildman–Crippen LogP) is 0.451. The fraction of sp³-hybridized carbons (Fsp3) is 0.364. The van der Waals surface area contributed by atoms with Crippen molar-refractivity contribution >= 4 is 11.7 Å². The third-order valence-electron chi connectivity index (χ3n) is 1.92. The first-order valence-electron chi connectivity index (χ1n) is 5.22. The number of carbonyl (C=O) groups is 1. The van der Waals surface area contributed by atoms with Gasteiger partial charge in [-0.1, -0.05) is 6.08 Å². The number of hydrogen-bond donors (Lipinski definition) is 2. The van der Waals surface area contributed by atoms with E-state index >= 15 is 0 Å². The zero-order valence-corrected chi connectivity index (χ0v) is 9.77. The second-order valence-corrected chi connectivity index (χ2v) is 3.21. The summed E-state index contributed by atoms with van der Waals surface area (Å²) in [5.74, 6) is 0.350. The Balaban J connectivity index is 2.57. The summed E-state index contributed by atoms with van der Waals surface area (Å²) in [5.41, 5.74) is 0.322. The number of ether oxygens (including phenoxy) is 1. The molecule has 17 heavy (non-hydrogen) atoms. The van der Waals surface area contributed by atoms with Crippen LogP contribution in [0.1, 0.15) is 10.5 Å². The number of nitrogens with zero attached hydrogens (tertiary/aromatic N) is 2. The second kappa shape index (κ2) is 7.34. The van der Waals surface area contributed by atoms with Crippen molar-refractivity contribution < 1.29 is 9.53 Å². The molecule has 0 saturated heterocycles. The van der Waals surface area contributed by atoms with Gasteiger partial charge in [-0.15, -0.1) is 6.58 Å². The summed E-state index contributed by atoms with van der Waals surface area (Å²) < 4.78 is 4.83. The number of rotatable bonds is 7. The predicted molar refractivity (Wildman–Crippen MR) is 64.9 cm³/mol. The lowest BCUT2D eigenvalue weighted by atomic mass is 10.3. The molecule has 0 spiro atoms. The third-order valence-corrected chi connectivity index (χ3v) is 1.92. The van der Waals surface area contributed by atoms with Gasteiger partial charge in [-0.2, -0.15) is 0 Å². The number of anilines is 1. The molecular formula is C11H16N4O2. The standard InChI is InChI=1S/C11H16N4O2/c1-3-4-12-10-7-9(14-8-15-10)11(16)13-5-6-17-2/h3,7-8H,1,4-6H2,2H3,(H,13,16)(H,12,14,15). The van der Waals surface area contributed by atoms with E-state index in [0.29, 0.717) is 31.2 Å². The van der Waals surface area contributed by atoms with Crippen LogP contribution in [-0.2, 0) is 4.74 Å². The summed E-state index contributed by atoms with van der Waals surface area (Å²) in [6.07, 6.45) is 3.05. The zero-order valence-electron chi connectivity index (χ0n) is 9.77. The quantitative estimate of drug-likeness (QED) is 0.531. The van der Waals surface area contributed by atoms with Gasteiger partial charge in [-0.25, -0.2) is 9.97 Å². The van der Waals surface area contributed by atoms with Crippen molar-refractivity contribution in [3.63, 3.8) is 0 Å². The van der Waals surface area contributed by atoms with Gasteiger partial charge in [-0.3, -0.25) is 4.79 Å². The topological polar surface area (TPSA) is 76.1 Å². The highest BCUT2D eigenvalue weighted by Gasteiger charge is 2.07. The lowest BCUT2D eigenvalue weighted by Crippen LogP contribution is -2.27. The van der Waals surface area contributed by atoms with E-state index in [1.54, 1.807) is 19.3 Å². The van der Waals surface area contributed by atoms with Gasteiger partial charge < -0.3 is 15.4 Å². The Bertz CT molecular complexity index is 381. The van der Waals surface area contributed by atoms with E-state index in [4.69, 9.17) is 4.74 Å². The van der Waals surface area contributed by atoms with E-state index in [1.165, 1.54) is 6.33 Å². The Kier molecular flexibility index (Phi) is 5.67. The van der Waals surface area contributed by atoms with Gasteiger partial charge in [0.25, 0.3) is 5.91 Å². The summed E-state index contributed by atoms with van der Waals surface area (Å²) in [6.45, 7) is 5.09. The molecule has 0 fully saturated rings. The van der Waals surface area contributed by atoms with Crippen molar-refractivity contribution in [1.29, 1.82) is 0 Å². The van der Waals surface area contributed by atoms with Crippen molar-refractivity contribution in [2.45, 2.75) is 0 Å². The summed E-state index contributed by atoms with van der Waals surface area (Å²) in [5, 5.41) is 5.66. The molecule has 2 N–H and O–H groups in total. The first-order valence-corrected chi connectivity index (χ1v) is 5.22. The first-order chi connectivity index (χ1) is 8.27. The molecule has 6 heteroatoms. The molecule has 1 heterocycles. The van der Waals surface area contributed by atoms with Crippen molar-refractivity contribution in [1.82, 2.24) is 15.3 Å². The van der Waals surface area contributed by atoms with Gasteiger partial charge in [0, 0.05) is 26.3 Å². The minimum Gasteiger partial charge on any atom is -0.383 e. The Morgan fingerprint density at radius 3 is 3.12 bits per heavy atom. The molecule has 0 radical (unpaired) electrons. The highest BCUT2D eigenvalue weighted by molar-refractivity contribution is 5.92. The molecule has 0 unspecified atom stereocenters. The second-order valence-electron chi connectivity index (χ2n) is 3.21. The van der Waals surface area contributed by atoms with Crippen LogP contribution in [0.4, 0.5) is 5.82 Å². The summed E-state index contributed by atoms with van der Waals surface area (Å²) in [4.78, 5) is 19.5. The zero-order chi connectivity index (χ0) is 12.5. The van der Waals surface area contributed by atoms with E-state index in [0.717, 1.165) is 0 Å². The molecule has 0 aliphatic heterocycles. The number of nitrogens with one attached hydrogen (secondary N) is 2. The van der Waals surface area contributed by atoms with Crippen LogP contribution in [0.5, 0.6) is 0 Å². The number of methoxy groups -OCH3 is 1. The van der Waals surface area contributed by atoms with Crippen LogP contribution in [0.25, 0.3) is 0 Å². The molecule has 92 valence electrons. The molecule has 0 atom stereocenters. The van der Waals surface area contributed by atoms with E-state index in [1.807, 2.05) is 0 Å². The number of carbonyl (C=O) groups excluding carboxylic acids is 1. The number of aromatic nitrogens is 2. The van der Waals surface area contributed by atoms with Crippen LogP contribution in [0.15, 0.2) is 25.0 Å². The van der Waals surface area contributed by atoms with E-state index in [2.05, 4.69) is 27.2 Å². The smallest absolute Gasteiger partial charge is 0.270 e. The van der Waals surface area contributed by atoms with E-state index < -0.39 is 0 Å². The summed E-state index contributed by atoms with van der Waals surface area (Å²) >= 11 is 0. The normalized spacial score (nSPS) is 9.71. The molecule has 0 aromatic carbocycles. The molecule has 0 bridgehead atoms. The molecule has 0 aliphatic carbocycles. The SMILES string of the molecule is C=CCNc1cc(C(=O)NCCOC)ncn1. The first kappa shape index (κ1) is 13.1. The average Bonchev–Trinajstić information content (AvgIpc) is 2.37. The minimum absolute atomic E-state index is 0.244. The van der Waals surface area contributed by atoms with Gasteiger partial charge in [0.1, 0.15) is 17.8 Å². The van der Waals surface area contributed by atoms with Crippen LogP contribution in [-0.4, -0.2) is 42.7 Å². The molecule has 0 saturated carbocycles. The van der Waals surface area contributed by atoms with Gasteiger partial charge in [0.15, 0.2) is 0 Å². The van der Waals surface area contributed by atoms with Crippen molar-refractivity contribution in [3.8, 4) is 0 Å². The maximum absolute atomic E-state index is 11.6. The fourth-order valence-electron chi connectivity index (χ4n) is 1.11. The summed E-state index contributed by atoms with van der Waals surface area (Å²) in [7, 11) is 1.58. The van der Waals surface area contributed by atoms with Crippen molar-refractivity contribution in [3.05, 3.63) is 30.7 Å². The van der Waals surface area contributed by atoms with Gasteiger partial charge >= 0.3 is 0 Å². The number of hydrogen-bond acceptors (Lipinski definition) is 5. The molecule has 1 aromatic rings. The Morgan fingerprint density at radius 1 is 1.59 bits per heavy atom. The molecular weight excluding hydrogens is 220 g/mol. The molecule has 6 nitrogen and oxygen atoms in total. The van der Waals surface area contributed by atoms with Crippen LogP contribution in [0, 0.1) is 0 Å². The van der Waals surface area contributed by atoms with Crippen LogP contribution in [0.2, 0.25) is 0 Å². The average molecular weight is 236 g/mol. The summed E-state index contributed by atoms with van der Waals surface area (Å²) in [6, 6.07) is 1.59. The Labute approximate surface area is 100 Å². The highest BCUT2D eigenvalue weighted by Crippen LogP contribution is 2.03. The van der Waals surface area contributed by atoms with Crippen LogP contribution < -0.4 is 10.6 Å². The van der Waals surface area contributed by atoms with Gasteiger partial charge in [0.05, 0.1) is 6.61 Å². The number of amides is 1. The van der Waals surface area contributed by atoms with Crippen LogP contribution >= 0.6 is 0 Å². The van der Waals surface area contributed by atoms with Crippen molar-refractivity contribution in [2.75, 3.05) is 32.1 Å². The largest absolute Gasteiger partial charge is 0.383 e. The monoisotopic (exact) mass is 236 g/mol. The lowest BCUT2D eigenvalue weighted by Gasteiger charge is -2.05. The maximum atomic E-state index is 11.6. The Hall–Kier alpha value is -1.95. The Morgan fingerprint density at radius 2 is 2.41 bits per heavy atom. The third kappa shape index (κ3) is 4.60. The fourth-order valence-corrected chi connectivity index (χ4v) is 1.11. The maximum Gasteiger partial charge on any atom is 0.270 e. The molecule has 0 aliphatic rings. The van der Waals surface area contributed by atoms with Gasteiger partial charge in [-0.05, 0) is 0 Å². The minimum atomic E-state index is -0.244. The molecule has 1 rings (SSSR count). The lowest BCUT2D eigenvalue weighted by molar-refractivity contribution is 0.0932. The highest BCUT2D eigenvalue weighted by atomic mass is 16.5. The molecule has 1 aromatic heterocycles. The van der Waals surface area contributed by atoms with Crippen molar-refractivity contribution in [2.24, 2.45) is 0 Å². The van der Waals surface area contributed by atoms with E-state index in [9.17, 15) is 4.79 Å². The van der Waals surface area contributed by atoms with E-state index in [-0.39, 0.29) is 5.91 Å². The van der Waals surface area contributed by atoms with Crippen LogP contribution in [0.3, 0.4) is 0 Å². The van der Waals surface area contributed by atoms with Gasteiger partial charge in [0.2, 0.25) is 0 Å². The molecule has 1 amide bonds.